The lowest BCUT2D eigenvalue weighted by atomic mass is 10.1. The fraction of sp³-hybridized carbons (Fsp3) is 0.554. The Kier molecular flexibility index (Phi) is 42.7. The molecule has 0 rings (SSSR count). The number of allylic oxidation sites excluding steroid dienone is 22. The quantitative estimate of drug-likeness (QED) is 0.0196. The predicted octanol–water partition coefficient (Wildman–Crippen LogP) is 12.2. The van der Waals surface area contributed by atoms with Crippen LogP contribution >= 0.6 is 0 Å². The van der Waals surface area contributed by atoms with E-state index in [1.165, 1.54) is 0 Å². The minimum absolute atomic E-state index is 0.124. The van der Waals surface area contributed by atoms with Gasteiger partial charge in [0, 0.05) is 12.8 Å². The van der Waals surface area contributed by atoms with Gasteiger partial charge in [-0.2, -0.15) is 0 Å². The number of carboxylic acids is 1. The van der Waals surface area contributed by atoms with Gasteiger partial charge >= 0.3 is 11.9 Å². The SMILES string of the molecule is CC/C=C\C/C=C\C/C=C\C/C=C\C/C=C\C/C=C\C/C=C\CCCC(=O)OC(COC(=O)CCCCCC/C=C\C/C=C\C/C=C\C/C=C\CC)COC(OCC[N+](C)(C)C)C(=O)[O-]. The second-order valence-electron chi connectivity index (χ2n) is 16.6. The largest absolute Gasteiger partial charge is 0.545 e. The van der Waals surface area contributed by atoms with Crippen LogP contribution < -0.4 is 5.11 Å². The molecular formula is C56H87NO8. The molecule has 0 radical (unpaired) electrons. The number of esters is 2. The molecule has 0 amide bonds. The number of rotatable bonds is 42. The summed E-state index contributed by atoms with van der Waals surface area (Å²) in [7, 11) is 5.87. The molecule has 0 heterocycles. The molecule has 65 heavy (non-hydrogen) atoms. The lowest BCUT2D eigenvalue weighted by Gasteiger charge is -2.26. The van der Waals surface area contributed by atoms with Gasteiger partial charge in [-0.1, -0.05) is 160 Å². The minimum Gasteiger partial charge on any atom is -0.545 e. The van der Waals surface area contributed by atoms with E-state index in [1.54, 1.807) is 0 Å². The number of aliphatic carboxylic acids is 1. The zero-order valence-electron chi connectivity index (χ0n) is 41.0. The van der Waals surface area contributed by atoms with Gasteiger partial charge in [0.05, 0.1) is 40.3 Å². The first-order valence-corrected chi connectivity index (χ1v) is 24.3. The van der Waals surface area contributed by atoms with E-state index in [2.05, 4.69) is 141 Å². The summed E-state index contributed by atoms with van der Waals surface area (Å²) >= 11 is 0. The lowest BCUT2D eigenvalue weighted by molar-refractivity contribution is -0.870. The zero-order valence-corrected chi connectivity index (χ0v) is 41.0. The summed E-state index contributed by atoms with van der Waals surface area (Å²) in [6, 6.07) is 0. The van der Waals surface area contributed by atoms with Crippen LogP contribution in [0.5, 0.6) is 0 Å². The first-order chi connectivity index (χ1) is 31.6. The summed E-state index contributed by atoms with van der Waals surface area (Å²) in [6.07, 6.45) is 62.1. The van der Waals surface area contributed by atoms with E-state index < -0.39 is 30.3 Å². The normalized spacial score (nSPS) is 14.0. The van der Waals surface area contributed by atoms with Gasteiger partial charge in [-0.05, 0) is 103 Å². The molecule has 9 nitrogen and oxygen atoms in total. The van der Waals surface area contributed by atoms with Crippen molar-refractivity contribution in [3.63, 3.8) is 0 Å². The topological polar surface area (TPSA) is 111 Å². The van der Waals surface area contributed by atoms with E-state index in [-0.39, 0.29) is 32.7 Å². The first-order valence-electron chi connectivity index (χ1n) is 24.3. The number of ether oxygens (including phenoxy) is 4. The molecule has 0 spiro atoms. The molecule has 0 aromatic rings. The van der Waals surface area contributed by atoms with E-state index >= 15 is 0 Å². The summed E-state index contributed by atoms with van der Waals surface area (Å²) in [6.45, 7) is 4.38. The molecule has 0 fully saturated rings. The molecular weight excluding hydrogens is 815 g/mol. The van der Waals surface area contributed by atoms with Crippen LogP contribution in [0.2, 0.25) is 0 Å². The second kappa shape index (κ2) is 46.0. The van der Waals surface area contributed by atoms with Crippen LogP contribution in [-0.4, -0.2) is 82.3 Å². The van der Waals surface area contributed by atoms with Crippen molar-refractivity contribution in [3.05, 3.63) is 134 Å². The standard InChI is InChI=1S/C56H87NO8/c1-6-8-10-12-14-16-18-20-22-24-25-26-27-28-29-31-33-35-37-39-41-43-45-47-54(59)65-52(51-64-56(55(60)61)62-49-48-57(3,4)5)50-63-53(58)46-44-42-40-38-36-34-32-30-23-21-19-17-15-13-11-9-7-2/h8-11,14-17,20-23,25-26,28-29,32-35,39,41,52,56H,6-7,12-13,18-19,24,27,30-31,36-38,40,42-51H2,1-5H3/b10-8-,11-9-,16-14-,17-15-,22-20-,23-21-,26-25-,29-28-,34-32-,35-33-,41-39-. The molecule has 0 aromatic carbocycles. The van der Waals surface area contributed by atoms with Crippen LogP contribution in [0.3, 0.4) is 0 Å². The van der Waals surface area contributed by atoms with Crippen molar-refractivity contribution in [2.45, 2.75) is 155 Å². The van der Waals surface area contributed by atoms with Gasteiger partial charge in [0.2, 0.25) is 0 Å². The molecule has 364 valence electrons. The number of nitrogens with zero attached hydrogens (tertiary/aromatic N) is 1. The van der Waals surface area contributed by atoms with Gasteiger partial charge in [0.15, 0.2) is 12.4 Å². The Morgan fingerprint density at radius 1 is 0.462 bits per heavy atom. The number of hydrogen-bond acceptors (Lipinski definition) is 8. The monoisotopic (exact) mass is 902 g/mol. The number of likely N-dealkylation sites (N-methyl/N-ethyl adjacent to an activating group) is 1. The molecule has 0 aromatic heterocycles. The van der Waals surface area contributed by atoms with Gasteiger partial charge in [-0.15, -0.1) is 0 Å². The third-order valence-electron chi connectivity index (χ3n) is 9.39. The van der Waals surface area contributed by atoms with Gasteiger partial charge in [-0.25, -0.2) is 0 Å². The molecule has 0 aliphatic rings. The number of carbonyl (C=O) groups excluding carboxylic acids is 3. The molecule has 0 bridgehead atoms. The molecule has 0 aliphatic carbocycles. The molecule has 2 unspecified atom stereocenters. The summed E-state index contributed by atoms with van der Waals surface area (Å²) in [4.78, 5) is 37.1. The van der Waals surface area contributed by atoms with Crippen molar-refractivity contribution in [1.82, 2.24) is 0 Å². The van der Waals surface area contributed by atoms with Crippen molar-refractivity contribution in [2.75, 3.05) is 47.5 Å². The highest BCUT2D eigenvalue weighted by Crippen LogP contribution is 2.10. The van der Waals surface area contributed by atoms with Crippen LogP contribution in [0.4, 0.5) is 0 Å². The maximum absolute atomic E-state index is 12.8. The third-order valence-corrected chi connectivity index (χ3v) is 9.39. The second-order valence-corrected chi connectivity index (χ2v) is 16.6. The minimum atomic E-state index is -1.65. The molecule has 9 heteroatoms. The van der Waals surface area contributed by atoms with Crippen molar-refractivity contribution >= 4 is 17.9 Å². The summed E-state index contributed by atoms with van der Waals surface area (Å²) in [5.41, 5.74) is 0. The van der Waals surface area contributed by atoms with E-state index in [0.717, 1.165) is 96.3 Å². The Morgan fingerprint density at radius 2 is 0.846 bits per heavy atom. The highest BCUT2D eigenvalue weighted by molar-refractivity contribution is 5.70. The fourth-order valence-corrected chi connectivity index (χ4v) is 5.69. The summed E-state index contributed by atoms with van der Waals surface area (Å²) < 4.78 is 22.5. The lowest BCUT2D eigenvalue weighted by Crippen LogP contribution is -2.44. The average Bonchev–Trinajstić information content (AvgIpc) is 3.27. The highest BCUT2D eigenvalue weighted by atomic mass is 16.7. The fourth-order valence-electron chi connectivity index (χ4n) is 5.69. The number of quaternary nitrogens is 1. The Balaban J connectivity index is 4.57. The van der Waals surface area contributed by atoms with E-state index in [0.29, 0.717) is 30.3 Å². The first kappa shape index (κ1) is 60.4. The molecule has 0 saturated carbocycles. The van der Waals surface area contributed by atoms with Crippen LogP contribution in [0.1, 0.15) is 142 Å². The maximum Gasteiger partial charge on any atom is 0.306 e. The van der Waals surface area contributed by atoms with Crippen LogP contribution in [0, 0.1) is 0 Å². The van der Waals surface area contributed by atoms with Crippen molar-refractivity contribution in [1.29, 1.82) is 0 Å². The summed E-state index contributed by atoms with van der Waals surface area (Å²) in [5, 5.41) is 11.7. The van der Waals surface area contributed by atoms with Gasteiger partial charge in [-0.3, -0.25) is 9.59 Å². The predicted molar refractivity (Wildman–Crippen MR) is 269 cm³/mol. The molecule has 0 aliphatic heterocycles. The van der Waals surface area contributed by atoms with Gasteiger partial charge in [0.25, 0.3) is 0 Å². The number of unbranched alkanes of at least 4 members (excludes halogenated alkanes) is 5. The Bertz CT molecular complexity index is 1520. The van der Waals surface area contributed by atoms with E-state index in [9.17, 15) is 19.5 Å². The highest BCUT2D eigenvalue weighted by Gasteiger charge is 2.21. The van der Waals surface area contributed by atoms with Gasteiger partial charge < -0.3 is 33.3 Å². The molecule has 0 N–H and O–H groups in total. The van der Waals surface area contributed by atoms with Crippen LogP contribution in [0.15, 0.2) is 134 Å². The smallest absolute Gasteiger partial charge is 0.306 e. The summed E-state index contributed by atoms with van der Waals surface area (Å²) in [5.74, 6) is -2.42. The van der Waals surface area contributed by atoms with Crippen molar-refractivity contribution < 1.29 is 42.9 Å². The van der Waals surface area contributed by atoms with Crippen LogP contribution in [-0.2, 0) is 33.3 Å². The third kappa shape index (κ3) is 47.2. The Labute approximate surface area is 395 Å². The van der Waals surface area contributed by atoms with E-state index in [4.69, 9.17) is 18.9 Å². The van der Waals surface area contributed by atoms with Crippen molar-refractivity contribution in [3.8, 4) is 0 Å². The Morgan fingerprint density at radius 3 is 1.26 bits per heavy atom. The maximum atomic E-state index is 12.8. The van der Waals surface area contributed by atoms with Gasteiger partial charge in [0.1, 0.15) is 13.2 Å². The Hall–Kier alpha value is -4.57. The zero-order chi connectivity index (χ0) is 47.7. The van der Waals surface area contributed by atoms with Crippen molar-refractivity contribution in [2.24, 2.45) is 0 Å². The average molecular weight is 902 g/mol. The van der Waals surface area contributed by atoms with E-state index in [1.807, 2.05) is 27.2 Å². The molecule has 0 saturated heterocycles. The molecule has 2 atom stereocenters. The number of hydrogen-bond donors (Lipinski definition) is 0. The number of carbonyl (C=O) groups is 3. The number of carboxylic acid groups (broad SMARTS) is 1. The van der Waals surface area contributed by atoms with Crippen LogP contribution in [0.25, 0.3) is 0 Å².